The second-order valence-corrected chi connectivity index (χ2v) is 7.34. The molecule has 0 spiro atoms. The van der Waals surface area contributed by atoms with E-state index in [1.807, 2.05) is 12.1 Å². The molecule has 2 aromatic rings. The SMILES string of the molecule is FC(F)(F)c1cccc(-c2ccc(C3CC3NC3CCNCC3)cc2)c1. The number of nitrogens with one attached hydrogen (secondary N) is 2. The van der Waals surface area contributed by atoms with Crippen molar-refractivity contribution >= 4 is 0 Å². The highest BCUT2D eigenvalue weighted by Crippen LogP contribution is 2.42. The maximum Gasteiger partial charge on any atom is 0.416 e. The fourth-order valence-corrected chi connectivity index (χ4v) is 3.84. The summed E-state index contributed by atoms with van der Waals surface area (Å²) < 4.78 is 38.7. The molecule has 1 aliphatic heterocycles. The maximum atomic E-state index is 12.9. The van der Waals surface area contributed by atoms with E-state index in [4.69, 9.17) is 0 Å². The van der Waals surface area contributed by atoms with Crippen LogP contribution in [0.2, 0.25) is 0 Å². The molecule has 0 radical (unpaired) electrons. The third kappa shape index (κ3) is 3.94. The molecule has 2 nitrogen and oxygen atoms in total. The van der Waals surface area contributed by atoms with Gasteiger partial charge in [0.15, 0.2) is 0 Å². The first-order valence-corrected chi connectivity index (χ1v) is 9.25. The van der Waals surface area contributed by atoms with Crippen LogP contribution in [0, 0.1) is 0 Å². The highest BCUT2D eigenvalue weighted by atomic mass is 19.4. The minimum absolute atomic E-state index is 0.528. The molecule has 2 N–H and O–H groups in total. The van der Waals surface area contributed by atoms with Gasteiger partial charge in [0.2, 0.25) is 0 Å². The summed E-state index contributed by atoms with van der Waals surface area (Å²) in [7, 11) is 0. The second kappa shape index (κ2) is 7.05. The number of piperidine rings is 1. The summed E-state index contributed by atoms with van der Waals surface area (Å²) in [6, 6.07) is 14.7. The molecule has 2 aliphatic rings. The Kier molecular flexibility index (Phi) is 4.76. The Morgan fingerprint density at radius 3 is 2.35 bits per heavy atom. The molecule has 1 heterocycles. The van der Waals surface area contributed by atoms with E-state index in [0.29, 0.717) is 23.6 Å². The van der Waals surface area contributed by atoms with Gasteiger partial charge < -0.3 is 10.6 Å². The van der Waals surface area contributed by atoms with Gasteiger partial charge in [0.1, 0.15) is 0 Å². The third-order valence-corrected chi connectivity index (χ3v) is 5.44. The van der Waals surface area contributed by atoms with Gasteiger partial charge in [-0.15, -0.1) is 0 Å². The van der Waals surface area contributed by atoms with Crippen LogP contribution in [0.4, 0.5) is 13.2 Å². The van der Waals surface area contributed by atoms with Crippen molar-refractivity contribution in [1.82, 2.24) is 10.6 Å². The fourth-order valence-electron chi connectivity index (χ4n) is 3.84. The Labute approximate surface area is 151 Å². The van der Waals surface area contributed by atoms with Gasteiger partial charge in [0.25, 0.3) is 0 Å². The minimum atomic E-state index is -4.31. The van der Waals surface area contributed by atoms with Crippen molar-refractivity contribution in [3.05, 3.63) is 59.7 Å². The molecule has 138 valence electrons. The number of benzene rings is 2. The van der Waals surface area contributed by atoms with Gasteiger partial charge in [0, 0.05) is 18.0 Å². The Hall–Kier alpha value is -1.85. The van der Waals surface area contributed by atoms with E-state index < -0.39 is 11.7 Å². The van der Waals surface area contributed by atoms with Crippen LogP contribution in [-0.2, 0) is 6.18 Å². The molecule has 0 amide bonds. The van der Waals surface area contributed by atoms with Crippen LogP contribution in [0.1, 0.15) is 36.3 Å². The van der Waals surface area contributed by atoms with E-state index in [1.165, 1.54) is 30.5 Å². The second-order valence-electron chi connectivity index (χ2n) is 7.34. The Morgan fingerprint density at radius 1 is 0.923 bits per heavy atom. The number of alkyl halides is 3. The van der Waals surface area contributed by atoms with Crippen LogP contribution in [0.25, 0.3) is 11.1 Å². The van der Waals surface area contributed by atoms with Crippen LogP contribution in [-0.4, -0.2) is 25.2 Å². The molecule has 2 aromatic carbocycles. The lowest BCUT2D eigenvalue weighted by Crippen LogP contribution is -2.41. The first-order chi connectivity index (χ1) is 12.5. The van der Waals surface area contributed by atoms with Crippen molar-refractivity contribution in [1.29, 1.82) is 0 Å². The minimum Gasteiger partial charge on any atom is -0.317 e. The van der Waals surface area contributed by atoms with Crippen LogP contribution in [0.5, 0.6) is 0 Å². The van der Waals surface area contributed by atoms with Gasteiger partial charge in [-0.25, -0.2) is 0 Å². The molecule has 1 aliphatic carbocycles. The standard InChI is InChI=1S/C21H23F3N2/c22-21(23,24)17-3-1-2-16(12-17)14-4-6-15(7-5-14)19-13-20(19)26-18-8-10-25-11-9-18/h1-7,12,18-20,25-26H,8-11,13H2. The molecule has 26 heavy (non-hydrogen) atoms. The summed E-state index contributed by atoms with van der Waals surface area (Å²) in [6.45, 7) is 2.17. The molecule has 2 fully saturated rings. The van der Waals surface area contributed by atoms with Gasteiger partial charge >= 0.3 is 6.18 Å². The average molecular weight is 360 g/mol. The van der Waals surface area contributed by atoms with Crippen molar-refractivity contribution in [3.8, 4) is 11.1 Å². The number of halogens is 3. The largest absolute Gasteiger partial charge is 0.416 e. The summed E-state index contributed by atoms with van der Waals surface area (Å²) >= 11 is 0. The third-order valence-electron chi connectivity index (χ3n) is 5.44. The highest BCUT2D eigenvalue weighted by molar-refractivity contribution is 5.65. The zero-order valence-electron chi connectivity index (χ0n) is 14.5. The predicted molar refractivity (Wildman–Crippen MR) is 97.1 cm³/mol. The molecule has 2 unspecified atom stereocenters. The summed E-state index contributed by atoms with van der Waals surface area (Å²) in [6.07, 6.45) is -0.806. The summed E-state index contributed by atoms with van der Waals surface area (Å²) in [5.41, 5.74) is 2.09. The first-order valence-electron chi connectivity index (χ1n) is 9.25. The van der Waals surface area contributed by atoms with Crippen molar-refractivity contribution in [3.63, 3.8) is 0 Å². The van der Waals surface area contributed by atoms with Gasteiger partial charge in [-0.3, -0.25) is 0 Å². The van der Waals surface area contributed by atoms with Crippen molar-refractivity contribution < 1.29 is 13.2 Å². The van der Waals surface area contributed by atoms with Crippen molar-refractivity contribution in [2.24, 2.45) is 0 Å². The predicted octanol–water partition coefficient (Wildman–Crippen LogP) is 4.57. The summed E-state index contributed by atoms with van der Waals surface area (Å²) in [4.78, 5) is 0. The van der Waals surface area contributed by atoms with E-state index in [1.54, 1.807) is 6.07 Å². The lowest BCUT2D eigenvalue weighted by molar-refractivity contribution is -0.137. The molecule has 5 heteroatoms. The van der Waals surface area contributed by atoms with Crippen LogP contribution >= 0.6 is 0 Å². The molecule has 1 saturated heterocycles. The van der Waals surface area contributed by atoms with Gasteiger partial charge in [-0.2, -0.15) is 13.2 Å². The average Bonchev–Trinajstić information content (AvgIpc) is 3.41. The first kappa shape index (κ1) is 17.6. The molecular formula is C21H23F3N2. The van der Waals surface area contributed by atoms with Crippen LogP contribution in [0.15, 0.2) is 48.5 Å². The summed E-state index contributed by atoms with van der Waals surface area (Å²) in [5, 5.41) is 7.12. The monoisotopic (exact) mass is 360 g/mol. The van der Waals surface area contributed by atoms with Gasteiger partial charge in [-0.1, -0.05) is 36.4 Å². The Morgan fingerprint density at radius 2 is 1.65 bits per heavy atom. The molecule has 1 saturated carbocycles. The lowest BCUT2D eigenvalue weighted by atomic mass is 10.00. The van der Waals surface area contributed by atoms with Crippen molar-refractivity contribution in [2.45, 2.75) is 43.4 Å². The molecule has 4 rings (SSSR count). The quantitative estimate of drug-likeness (QED) is 0.835. The molecular weight excluding hydrogens is 337 g/mol. The van der Waals surface area contributed by atoms with Crippen LogP contribution < -0.4 is 10.6 Å². The fraction of sp³-hybridized carbons (Fsp3) is 0.429. The lowest BCUT2D eigenvalue weighted by Gasteiger charge is -2.24. The molecule has 2 atom stereocenters. The van der Waals surface area contributed by atoms with Crippen LogP contribution in [0.3, 0.4) is 0 Å². The number of hydrogen-bond donors (Lipinski definition) is 2. The van der Waals surface area contributed by atoms with Gasteiger partial charge in [-0.05, 0) is 61.2 Å². The maximum absolute atomic E-state index is 12.9. The normalized spacial score (nSPS) is 23.8. The van der Waals surface area contributed by atoms with E-state index in [-0.39, 0.29) is 0 Å². The Bertz CT molecular complexity index is 749. The van der Waals surface area contributed by atoms with E-state index in [2.05, 4.69) is 22.8 Å². The summed E-state index contributed by atoms with van der Waals surface area (Å²) in [5.74, 6) is 0.528. The topological polar surface area (TPSA) is 24.1 Å². The van der Waals surface area contributed by atoms with Gasteiger partial charge in [0.05, 0.1) is 5.56 Å². The number of hydrogen-bond acceptors (Lipinski definition) is 2. The Balaban J connectivity index is 1.41. The zero-order valence-corrected chi connectivity index (χ0v) is 14.5. The molecule has 0 bridgehead atoms. The smallest absolute Gasteiger partial charge is 0.317 e. The molecule has 0 aromatic heterocycles. The van der Waals surface area contributed by atoms with Crippen molar-refractivity contribution in [2.75, 3.05) is 13.1 Å². The highest BCUT2D eigenvalue weighted by Gasteiger charge is 2.39. The van der Waals surface area contributed by atoms with E-state index in [0.717, 1.165) is 31.1 Å². The zero-order chi connectivity index (χ0) is 18.1. The van der Waals surface area contributed by atoms with E-state index >= 15 is 0 Å². The van der Waals surface area contributed by atoms with E-state index in [9.17, 15) is 13.2 Å². The number of rotatable bonds is 4.